The maximum Gasteiger partial charge on any atom is 0.326 e. The van der Waals surface area contributed by atoms with E-state index in [0.717, 1.165) is 49.7 Å². The van der Waals surface area contributed by atoms with Crippen LogP contribution in [0.15, 0.2) is 42.5 Å². The second-order valence-corrected chi connectivity index (χ2v) is 11.9. The summed E-state index contributed by atoms with van der Waals surface area (Å²) in [7, 11) is 0. The maximum atomic E-state index is 13.3. The predicted octanol–water partition coefficient (Wildman–Crippen LogP) is 6.92. The molecule has 3 rings (SSSR count). The zero-order chi connectivity index (χ0) is 26.5. The largest absolute Gasteiger partial charge is 0.480 e. The van der Waals surface area contributed by atoms with Gasteiger partial charge in [0, 0.05) is 18.3 Å². The highest BCUT2D eigenvalue weighted by atomic mass is 35.5. The van der Waals surface area contributed by atoms with Gasteiger partial charge in [-0.25, -0.2) is 4.79 Å². The normalized spacial score (nSPS) is 15.9. The van der Waals surface area contributed by atoms with E-state index in [4.69, 9.17) is 23.2 Å². The van der Waals surface area contributed by atoms with Gasteiger partial charge in [0.1, 0.15) is 6.04 Å². The molecule has 2 aromatic carbocycles. The molecule has 2 N–H and O–H groups in total. The SMILES string of the molecule is CC(C)(C)CCC1(C(=O)N[C@@H](Cc2ccc(CC(=O)c3c(Cl)cccc3Cl)cc2)C(=O)O)CCCC1. The van der Waals surface area contributed by atoms with Gasteiger partial charge in [-0.2, -0.15) is 0 Å². The fourth-order valence-electron chi connectivity index (χ4n) is 4.83. The lowest BCUT2D eigenvalue weighted by molar-refractivity contribution is -0.144. The van der Waals surface area contributed by atoms with E-state index in [-0.39, 0.29) is 29.9 Å². The number of hydrogen-bond donors (Lipinski definition) is 2. The van der Waals surface area contributed by atoms with Gasteiger partial charge in [0.25, 0.3) is 0 Å². The fraction of sp³-hybridized carbons (Fsp3) is 0.483. The van der Waals surface area contributed by atoms with E-state index in [1.807, 2.05) is 0 Å². The first-order valence-electron chi connectivity index (χ1n) is 12.5. The Labute approximate surface area is 223 Å². The summed E-state index contributed by atoms with van der Waals surface area (Å²) in [6.45, 7) is 6.48. The molecule has 0 unspecified atom stereocenters. The fourth-order valence-corrected chi connectivity index (χ4v) is 5.44. The lowest BCUT2D eigenvalue weighted by Crippen LogP contribution is -2.49. The number of halogens is 2. The molecule has 7 heteroatoms. The number of Topliss-reactive ketones (excluding diaryl/α,β-unsaturated/α-hetero) is 1. The highest BCUT2D eigenvalue weighted by Crippen LogP contribution is 2.44. The molecule has 2 aromatic rings. The van der Waals surface area contributed by atoms with E-state index in [0.29, 0.717) is 15.6 Å². The first kappa shape index (κ1) is 28.2. The molecule has 1 saturated carbocycles. The Bertz CT molecular complexity index is 1080. The molecular formula is C29H35Cl2NO4. The summed E-state index contributed by atoms with van der Waals surface area (Å²) in [5, 5.41) is 13.3. The first-order chi connectivity index (χ1) is 16.9. The van der Waals surface area contributed by atoms with Gasteiger partial charge < -0.3 is 10.4 Å². The number of rotatable bonds is 10. The zero-order valence-corrected chi connectivity index (χ0v) is 22.7. The van der Waals surface area contributed by atoms with Crippen LogP contribution in [0.2, 0.25) is 10.0 Å². The van der Waals surface area contributed by atoms with Crippen LogP contribution < -0.4 is 5.32 Å². The van der Waals surface area contributed by atoms with Gasteiger partial charge in [-0.3, -0.25) is 9.59 Å². The van der Waals surface area contributed by atoms with Crippen LogP contribution in [0.1, 0.15) is 80.8 Å². The topological polar surface area (TPSA) is 83.5 Å². The average molecular weight is 533 g/mol. The Balaban J connectivity index is 1.66. The molecule has 0 radical (unpaired) electrons. The molecule has 0 bridgehead atoms. The molecule has 5 nitrogen and oxygen atoms in total. The number of aliphatic carboxylic acids is 1. The minimum absolute atomic E-state index is 0.113. The third-order valence-corrected chi connectivity index (χ3v) is 7.70. The van der Waals surface area contributed by atoms with Crippen LogP contribution in [0.5, 0.6) is 0 Å². The first-order valence-corrected chi connectivity index (χ1v) is 13.2. The highest BCUT2D eigenvalue weighted by molar-refractivity contribution is 6.39. The Morgan fingerprint density at radius 3 is 2.06 bits per heavy atom. The Kier molecular flexibility index (Phi) is 9.23. The summed E-state index contributed by atoms with van der Waals surface area (Å²) < 4.78 is 0. The Hall–Kier alpha value is -2.37. The number of ketones is 1. The molecule has 0 aromatic heterocycles. The van der Waals surface area contributed by atoms with Crippen molar-refractivity contribution in [3.8, 4) is 0 Å². The number of carbonyl (C=O) groups excluding carboxylic acids is 2. The van der Waals surface area contributed by atoms with Crippen molar-refractivity contribution in [2.75, 3.05) is 0 Å². The van der Waals surface area contributed by atoms with E-state index < -0.39 is 17.4 Å². The van der Waals surface area contributed by atoms with Crippen molar-refractivity contribution in [1.82, 2.24) is 5.32 Å². The number of nitrogens with one attached hydrogen (secondary N) is 1. The summed E-state index contributed by atoms with van der Waals surface area (Å²) in [5.74, 6) is -1.39. The molecular weight excluding hydrogens is 497 g/mol. The molecule has 0 spiro atoms. The highest BCUT2D eigenvalue weighted by Gasteiger charge is 2.42. The minimum atomic E-state index is -1.06. The quantitative estimate of drug-likeness (QED) is 0.326. The number of hydrogen-bond acceptors (Lipinski definition) is 3. The molecule has 0 aliphatic heterocycles. The van der Waals surface area contributed by atoms with Crippen LogP contribution in [0.25, 0.3) is 0 Å². The summed E-state index contributed by atoms with van der Waals surface area (Å²) >= 11 is 12.3. The smallest absolute Gasteiger partial charge is 0.326 e. The third-order valence-electron chi connectivity index (χ3n) is 7.07. The number of carboxylic acids is 1. The van der Waals surface area contributed by atoms with Crippen LogP contribution in [-0.4, -0.2) is 28.8 Å². The van der Waals surface area contributed by atoms with Crippen molar-refractivity contribution < 1.29 is 19.5 Å². The Morgan fingerprint density at radius 2 is 1.53 bits per heavy atom. The number of benzene rings is 2. The molecule has 194 valence electrons. The van der Waals surface area contributed by atoms with Gasteiger partial charge in [-0.15, -0.1) is 0 Å². The lowest BCUT2D eigenvalue weighted by atomic mass is 9.75. The van der Waals surface area contributed by atoms with Gasteiger partial charge in [-0.1, -0.05) is 87.1 Å². The summed E-state index contributed by atoms with van der Waals surface area (Å²) in [4.78, 5) is 38.1. The van der Waals surface area contributed by atoms with Crippen LogP contribution in [-0.2, 0) is 22.4 Å². The van der Waals surface area contributed by atoms with E-state index in [9.17, 15) is 19.5 Å². The number of carboxylic acid groups (broad SMARTS) is 1. The molecule has 1 amide bonds. The van der Waals surface area contributed by atoms with E-state index >= 15 is 0 Å². The van der Waals surface area contributed by atoms with Gasteiger partial charge >= 0.3 is 5.97 Å². The van der Waals surface area contributed by atoms with Crippen LogP contribution in [0.4, 0.5) is 0 Å². The maximum absolute atomic E-state index is 13.3. The van der Waals surface area contributed by atoms with Crippen molar-refractivity contribution >= 4 is 40.9 Å². The van der Waals surface area contributed by atoms with Crippen LogP contribution in [0.3, 0.4) is 0 Å². The molecule has 1 aliphatic rings. The minimum Gasteiger partial charge on any atom is -0.480 e. The Morgan fingerprint density at radius 1 is 0.972 bits per heavy atom. The molecule has 0 saturated heterocycles. The molecule has 1 aliphatic carbocycles. The van der Waals surface area contributed by atoms with Gasteiger partial charge in [0.15, 0.2) is 5.78 Å². The lowest BCUT2D eigenvalue weighted by Gasteiger charge is -2.32. The second-order valence-electron chi connectivity index (χ2n) is 11.1. The molecule has 36 heavy (non-hydrogen) atoms. The predicted molar refractivity (Wildman–Crippen MR) is 144 cm³/mol. The third kappa shape index (κ3) is 7.33. The van der Waals surface area contributed by atoms with Gasteiger partial charge in [0.2, 0.25) is 5.91 Å². The average Bonchev–Trinajstić information content (AvgIpc) is 3.28. The van der Waals surface area contributed by atoms with Gasteiger partial charge in [-0.05, 0) is 54.4 Å². The van der Waals surface area contributed by atoms with E-state index in [1.165, 1.54) is 0 Å². The molecule has 1 atom stereocenters. The van der Waals surface area contributed by atoms with Crippen molar-refractivity contribution in [1.29, 1.82) is 0 Å². The van der Waals surface area contributed by atoms with Crippen molar-refractivity contribution in [2.45, 2.75) is 78.2 Å². The van der Waals surface area contributed by atoms with Crippen molar-refractivity contribution in [2.24, 2.45) is 10.8 Å². The van der Waals surface area contributed by atoms with Gasteiger partial charge in [0.05, 0.1) is 15.6 Å². The second kappa shape index (κ2) is 11.8. The van der Waals surface area contributed by atoms with E-state index in [1.54, 1.807) is 42.5 Å². The zero-order valence-electron chi connectivity index (χ0n) is 21.2. The van der Waals surface area contributed by atoms with E-state index in [2.05, 4.69) is 26.1 Å². The number of amides is 1. The van der Waals surface area contributed by atoms with Crippen molar-refractivity contribution in [3.05, 3.63) is 69.2 Å². The standard InChI is InChI=1S/C29H35Cl2NO4/c1-28(2,3)15-16-29(13-4-5-14-29)27(36)32-23(26(34)35)17-19-9-11-20(12-10-19)18-24(33)25-21(30)7-6-8-22(25)31/h6-12,23H,4-5,13-18H2,1-3H3,(H,32,36)(H,34,35)/t23-/m0/s1. The summed E-state index contributed by atoms with van der Waals surface area (Å²) in [6, 6.07) is 11.1. The monoisotopic (exact) mass is 531 g/mol. The number of carbonyl (C=O) groups is 3. The summed E-state index contributed by atoms with van der Waals surface area (Å²) in [6.07, 6.45) is 5.58. The van der Waals surface area contributed by atoms with Crippen LogP contribution >= 0.6 is 23.2 Å². The van der Waals surface area contributed by atoms with Crippen molar-refractivity contribution in [3.63, 3.8) is 0 Å². The molecule has 1 fully saturated rings. The summed E-state index contributed by atoms with van der Waals surface area (Å²) in [5.41, 5.74) is 1.46. The van der Waals surface area contributed by atoms with Crippen LogP contribution in [0, 0.1) is 10.8 Å². The molecule has 0 heterocycles.